The van der Waals surface area contributed by atoms with Crippen molar-refractivity contribution < 1.29 is 14.3 Å². The standard InChI is InChI=1S/C11H20N2O3/c1-8(14)13-6-11(5,7-13)12-9(15)16-10(2,3)4/h6-7H2,1-5H3,(H,12,15). The second kappa shape index (κ2) is 3.96. The minimum atomic E-state index is -0.496. The van der Waals surface area contributed by atoms with Crippen molar-refractivity contribution in [1.29, 1.82) is 0 Å². The van der Waals surface area contributed by atoms with Crippen molar-refractivity contribution in [3.05, 3.63) is 0 Å². The number of rotatable bonds is 1. The second-order valence-electron chi connectivity index (χ2n) is 5.56. The third kappa shape index (κ3) is 3.40. The van der Waals surface area contributed by atoms with E-state index in [0.29, 0.717) is 13.1 Å². The zero-order valence-electron chi connectivity index (χ0n) is 10.6. The molecule has 1 rings (SSSR count). The van der Waals surface area contributed by atoms with E-state index < -0.39 is 11.7 Å². The summed E-state index contributed by atoms with van der Waals surface area (Å²) in [6.07, 6.45) is -0.432. The van der Waals surface area contributed by atoms with Crippen LogP contribution in [0.4, 0.5) is 4.79 Å². The molecule has 0 aliphatic carbocycles. The fourth-order valence-corrected chi connectivity index (χ4v) is 1.65. The number of carbonyl (C=O) groups excluding carboxylic acids is 2. The highest BCUT2D eigenvalue weighted by Crippen LogP contribution is 2.20. The Labute approximate surface area is 96.1 Å². The molecule has 1 aliphatic rings. The van der Waals surface area contributed by atoms with E-state index in [-0.39, 0.29) is 11.4 Å². The van der Waals surface area contributed by atoms with Crippen LogP contribution in [-0.2, 0) is 9.53 Å². The second-order valence-corrected chi connectivity index (χ2v) is 5.56. The normalized spacial score (nSPS) is 18.7. The molecule has 1 N–H and O–H groups in total. The zero-order valence-corrected chi connectivity index (χ0v) is 10.6. The van der Waals surface area contributed by atoms with E-state index in [0.717, 1.165) is 0 Å². The largest absolute Gasteiger partial charge is 0.444 e. The molecule has 5 heteroatoms. The quantitative estimate of drug-likeness (QED) is 0.732. The molecule has 0 atom stereocenters. The molecule has 0 bridgehead atoms. The lowest BCUT2D eigenvalue weighted by Crippen LogP contribution is -2.69. The maximum atomic E-state index is 11.5. The first-order chi connectivity index (χ1) is 7.11. The average molecular weight is 228 g/mol. The van der Waals surface area contributed by atoms with Gasteiger partial charge >= 0.3 is 6.09 Å². The van der Waals surface area contributed by atoms with Crippen LogP contribution >= 0.6 is 0 Å². The number of likely N-dealkylation sites (tertiary alicyclic amines) is 1. The van der Waals surface area contributed by atoms with Gasteiger partial charge in [0.15, 0.2) is 0 Å². The number of nitrogens with one attached hydrogen (secondary N) is 1. The average Bonchev–Trinajstić information content (AvgIpc) is 1.94. The summed E-state index contributed by atoms with van der Waals surface area (Å²) in [6.45, 7) is 9.96. The van der Waals surface area contributed by atoms with Gasteiger partial charge in [0, 0.05) is 20.0 Å². The molecular formula is C11H20N2O3. The number of carbonyl (C=O) groups is 2. The lowest BCUT2D eigenvalue weighted by atomic mass is 9.92. The number of ether oxygens (including phenoxy) is 1. The van der Waals surface area contributed by atoms with E-state index in [9.17, 15) is 9.59 Å². The van der Waals surface area contributed by atoms with Gasteiger partial charge in [-0.3, -0.25) is 4.79 Å². The van der Waals surface area contributed by atoms with Gasteiger partial charge in [0.1, 0.15) is 5.60 Å². The summed E-state index contributed by atoms with van der Waals surface area (Å²) >= 11 is 0. The van der Waals surface area contributed by atoms with E-state index in [2.05, 4.69) is 5.32 Å². The van der Waals surface area contributed by atoms with E-state index in [1.807, 2.05) is 27.7 Å². The SMILES string of the molecule is CC(=O)N1CC(C)(NC(=O)OC(C)(C)C)C1. The molecule has 5 nitrogen and oxygen atoms in total. The van der Waals surface area contributed by atoms with Gasteiger partial charge in [-0.15, -0.1) is 0 Å². The Kier molecular flexibility index (Phi) is 3.17. The lowest BCUT2D eigenvalue weighted by molar-refractivity contribution is -0.136. The molecule has 1 saturated heterocycles. The van der Waals surface area contributed by atoms with Crippen molar-refractivity contribution in [2.75, 3.05) is 13.1 Å². The maximum Gasteiger partial charge on any atom is 0.408 e. The molecule has 16 heavy (non-hydrogen) atoms. The van der Waals surface area contributed by atoms with Gasteiger partial charge in [-0.25, -0.2) is 4.79 Å². The topological polar surface area (TPSA) is 58.6 Å². The van der Waals surface area contributed by atoms with Gasteiger partial charge in [-0.05, 0) is 27.7 Å². The van der Waals surface area contributed by atoms with Crippen LogP contribution in [0.1, 0.15) is 34.6 Å². The highest BCUT2D eigenvalue weighted by Gasteiger charge is 2.42. The number of hydrogen-bond acceptors (Lipinski definition) is 3. The monoisotopic (exact) mass is 228 g/mol. The van der Waals surface area contributed by atoms with E-state index in [1.165, 1.54) is 6.92 Å². The van der Waals surface area contributed by atoms with E-state index in [4.69, 9.17) is 4.74 Å². The van der Waals surface area contributed by atoms with Crippen LogP contribution in [0.15, 0.2) is 0 Å². The third-order valence-corrected chi connectivity index (χ3v) is 2.33. The predicted octanol–water partition coefficient (Wildman–Crippen LogP) is 1.13. The molecule has 0 spiro atoms. The number of amides is 2. The Morgan fingerprint density at radius 3 is 2.19 bits per heavy atom. The number of alkyl carbamates (subject to hydrolysis) is 1. The first-order valence-corrected chi connectivity index (χ1v) is 5.38. The molecule has 0 unspecified atom stereocenters. The lowest BCUT2D eigenvalue weighted by Gasteiger charge is -2.47. The Bertz CT molecular complexity index is 301. The maximum absolute atomic E-state index is 11.5. The van der Waals surface area contributed by atoms with Crippen molar-refractivity contribution in [3.8, 4) is 0 Å². The van der Waals surface area contributed by atoms with Crippen LogP contribution in [0.2, 0.25) is 0 Å². The molecule has 2 amide bonds. The summed E-state index contributed by atoms with van der Waals surface area (Å²) in [4.78, 5) is 24.2. The van der Waals surface area contributed by atoms with Gasteiger partial charge in [0.2, 0.25) is 5.91 Å². The van der Waals surface area contributed by atoms with Crippen molar-refractivity contribution in [3.63, 3.8) is 0 Å². The predicted molar refractivity (Wildman–Crippen MR) is 60.0 cm³/mol. The Morgan fingerprint density at radius 2 is 1.81 bits per heavy atom. The van der Waals surface area contributed by atoms with Crippen LogP contribution in [0.5, 0.6) is 0 Å². The van der Waals surface area contributed by atoms with E-state index in [1.54, 1.807) is 4.90 Å². The minimum absolute atomic E-state index is 0.0310. The summed E-state index contributed by atoms with van der Waals surface area (Å²) in [6, 6.07) is 0. The molecule has 1 aliphatic heterocycles. The molecule has 92 valence electrons. The molecule has 0 radical (unpaired) electrons. The zero-order chi connectivity index (χ0) is 12.6. The molecule has 0 aromatic rings. The summed E-state index contributed by atoms with van der Waals surface area (Å²) in [5.41, 5.74) is -0.849. The highest BCUT2D eigenvalue weighted by atomic mass is 16.6. The summed E-state index contributed by atoms with van der Waals surface area (Å²) < 4.78 is 5.15. The smallest absolute Gasteiger partial charge is 0.408 e. The Hall–Kier alpha value is -1.26. The Morgan fingerprint density at radius 1 is 1.31 bits per heavy atom. The van der Waals surface area contributed by atoms with Gasteiger partial charge in [0.05, 0.1) is 5.54 Å². The highest BCUT2D eigenvalue weighted by molar-refractivity contribution is 5.76. The fourth-order valence-electron chi connectivity index (χ4n) is 1.65. The first-order valence-electron chi connectivity index (χ1n) is 5.38. The van der Waals surface area contributed by atoms with Crippen molar-refractivity contribution in [2.24, 2.45) is 0 Å². The van der Waals surface area contributed by atoms with Gasteiger partial charge < -0.3 is 15.0 Å². The van der Waals surface area contributed by atoms with Crippen LogP contribution < -0.4 is 5.32 Å². The van der Waals surface area contributed by atoms with Crippen LogP contribution in [-0.4, -0.2) is 41.1 Å². The molecule has 1 heterocycles. The van der Waals surface area contributed by atoms with Gasteiger partial charge in [-0.2, -0.15) is 0 Å². The molecule has 0 aromatic heterocycles. The summed E-state index contributed by atoms with van der Waals surface area (Å²) in [5.74, 6) is 0.0310. The third-order valence-electron chi connectivity index (χ3n) is 2.33. The summed E-state index contributed by atoms with van der Waals surface area (Å²) in [5, 5.41) is 2.78. The molecule has 1 fully saturated rings. The fraction of sp³-hybridized carbons (Fsp3) is 0.818. The number of hydrogen-bond donors (Lipinski definition) is 1. The van der Waals surface area contributed by atoms with Gasteiger partial charge in [0.25, 0.3) is 0 Å². The minimum Gasteiger partial charge on any atom is -0.444 e. The van der Waals surface area contributed by atoms with Crippen LogP contribution in [0, 0.1) is 0 Å². The van der Waals surface area contributed by atoms with Crippen LogP contribution in [0.3, 0.4) is 0 Å². The number of nitrogens with zero attached hydrogens (tertiary/aromatic N) is 1. The van der Waals surface area contributed by atoms with Crippen molar-refractivity contribution >= 4 is 12.0 Å². The Balaban J connectivity index is 2.39. The molecule has 0 aromatic carbocycles. The summed E-state index contributed by atoms with van der Waals surface area (Å²) in [7, 11) is 0. The molecular weight excluding hydrogens is 208 g/mol. The van der Waals surface area contributed by atoms with Crippen LogP contribution in [0.25, 0.3) is 0 Å². The van der Waals surface area contributed by atoms with Gasteiger partial charge in [-0.1, -0.05) is 0 Å². The first kappa shape index (κ1) is 12.8. The molecule has 0 saturated carbocycles. The van der Waals surface area contributed by atoms with Crippen molar-refractivity contribution in [1.82, 2.24) is 10.2 Å². The van der Waals surface area contributed by atoms with E-state index >= 15 is 0 Å². The van der Waals surface area contributed by atoms with Crippen molar-refractivity contribution in [2.45, 2.75) is 45.8 Å².